The predicted molar refractivity (Wildman–Crippen MR) is 138 cm³/mol. The van der Waals surface area contributed by atoms with Crippen molar-refractivity contribution in [3.63, 3.8) is 0 Å². The second kappa shape index (κ2) is 10.3. The molecule has 1 aromatic heterocycles. The van der Waals surface area contributed by atoms with E-state index in [0.29, 0.717) is 18.3 Å². The van der Waals surface area contributed by atoms with Gasteiger partial charge in [0.05, 0.1) is 5.75 Å². The number of benzene rings is 3. The van der Waals surface area contributed by atoms with E-state index in [0.717, 1.165) is 28.0 Å². The molecule has 1 amide bonds. The number of nitrogens with zero attached hydrogens (tertiary/aromatic N) is 3. The molecular formula is C27H30N4O2S. The Morgan fingerprint density at radius 1 is 1.00 bits per heavy atom. The van der Waals surface area contributed by atoms with E-state index in [1.54, 1.807) is 0 Å². The van der Waals surface area contributed by atoms with Crippen LogP contribution in [0.5, 0.6) is 5.75 Å². The van der Waals surface area contributed by atoms with Crippen molar-refractivity contribution >= 4 is 34.1 Å². The maximum Gasteiger partial charge on any atom is 0.234 e. The molecule has 4 rings (SSSR count). The number of fused-ring (bicyclic) bond motifs is 1. The smallest absolute Gasteiger partial charge is 0.234 e. The molecule has 0 radical (unpaired) electrons. The summed E-state index contributed by atoms with van der Waals surface area (Å²) in [5.74, 6) is 1.70. The summed E-state index contributed by atoms with van der Waals surface area (Å²) in [7, 11) is 0. The largest absolute Gasteiger partial charge is 0.486 e. The van der Waals surface area contributed by atoms with E-state index < -0.39 is 0 Å². The minimum atomic E-state index is -0.0799. The highest BCUT2D eigenvalue weighted by Gasteiger charge is 2.16. The van der Waals surface area contributed by atoms with E-state index in [1.165, 1.54) is 17.3 Å². The monoisotopic (exact) mass is 474 g/mol. The van der Waals surface area contributed by atoms with Gasteiger partial charge in [-0.1, -0.05) is 81.1 Å². The van der Waals surface area contributed by atoms with Crippen molar-refractivity contribution in [1.82, 2.24) is 14.8 Å². The van der Waals surface area contributed by atoms with Gasteiger partial charge in [0.25, 0.3) is 0 Å². The topological polar surface area (TPSA) is 69.0 Å². The molecule has 0 aliphatic carbocycles. The molecule has 0 spiro atoms. The van der Waals surface area contributed by atoms with Crippen molar-refractivity contribution in [2.75, 3.05) is 11.1 Å². The second-order valence-corrected chi connectivity index (χ2v) is 10.0. The van der Waals surface area contributed by atoms with Crippen LogP contribution in [0.3, 0.4) is 0 Å². The van der Waals surface area contributed by atoms with Gasteiger partial charge in [-0.25, -0.2) is 0 Å². The number of anilines is 1. The summed E-state index contributed by atoms with van der Waals surface area (Å²) in [6, 6.07) is 22.1. The Morgan fingerprint density at radius 2 is 1.74 bits per heavy atom. The fraction of sp³-hybridized carbons (Fsp3) is 0.296. The van der Waals surface area contributed by atoms with Crippen molar-refractivity contribution in [2.24, 2.45) is 0 Å². The van der Waals surface area contributed by atoms with Crippen molar-refractivity contribution in [3.8, 4) is 5.75 Å². The average molecular weight is 475 g/mol. The Balaban J connectivity index is 1.36. The minimum Gasteiger partial charge on any atom is -0.486 e. The number of carbonyl (C=O) groups excluding carboxylic acids is 1. The number of thioether (sulfide) groups is 1. The lowest BCUT2D eigenvalue weighted by Crippen LogP contribution is -2.15. The summed E-state index contributed by atoms with van der Waals surface area (Å²) in [6.45, 7) is 9.61. The van der Waals surface area contributed by atoms with Gasteiger partial charge in [-0.2, -0.15) is 0 Å². The van der Waals surface area contributed by atoms with Gasteiger partial charge < -0.3 is 14.6 Å². The molecule has 0 fully saturated rings. The van der Waals surface area contributed by atoms with Crippen molar-refractivity contribution in [1.29, 1.82) is 0 Å². The van der Waals surface area contributed by atoms with Crippen LogP contribution in [0.15, 0.2) is 71.9 Å². The van der Waals surface area contributed by atoms with Crippen LogP contribution in [0.2, 0.25) is 0 Å². The van der Waals surface area contributed by atoms with Crippen LogP contribution in [0.1, 0.15) is 39.1 Å². The average Bonchev–Trinajstić information content (AvgIpc) is 3.23. The molecular weight excluding hydrogens is 444 g/mol. The molecule has 1 N–H and O–H groups in total. The first kappa shape index (κ1) is 23.8. The van der Waals surface area contributed by atoms with Crippen LogP contribution in [0, 0.1) is 0 Å². The zero-order valence-corrected chi connectivity index (χ0v) is 20.9. The first-order chi connectivity index (χ1) is 16.3. The van der Waals surface area contributed by atoms with E-state index in [9.17, 15) is 4.79 Å². The lowest BCUT2D eigenvalue weighted by molar-refractivity contribution is -0.113. The van der Waals surface area contributed by atoms with E-state index in [4.69, 9.17) is 4.74 Å². The van der Waals surface area contributed by atoms with E-state index in [2.05, 4.69) is 48.4 Å². The summed E-state index contributed by atoms with van der Waals surface area (Å²) in [5.41, 5.74) is 2.18. The molecule has 7 heteroatoms. The van der Waals surface area contributed by atoms with Crippen molar-refractivity contribution < 1.29 is 9.53 Å². The number of nitrogens with one attached hydrogen (secondary N) is 1. The third-order valence-electron chi connectivity index (χ3n) is 5.59. The number of carbonyl (C=O) groups is 1. The van der Waals surface area contributed by atoms with Gasteiger partial charge in [0.15, 0.2) is 11.0 Å². The molecule has 0 aliphatic rings. The second-order valence-electron chi connectivity index (χ2n) is 9.07. The molecule has 0 aliphatic heterocycles. The predicted octanol–water partition coefficient (Wildman–Crippen LogP) is 6.06. The standard InChI is InChI=1S/C27H30N4O2S/c1-5-31-24(17-33-21-15-13-20(14-16-21)27(2,3)4)29-30-26(31)34-18-25(32)28-23-12-8-10-19-9-6-7-11-22(19)23/h6-16H,5,17-18H2,1-4H3,(H,28,32). The molecule has 0 saturated heterocycles. The summed E-state index contributed by atoms with van der Waals surface area (Å²) in [6.07, 6.45) is 0. The van der Waals surface area contributed by atoms with Crippen LogP contribution in [-0.4, -0.2) is 26.4 Å². The highest BCUT2D eigenvalue weighted by atomic mass is 32.2. The van der Waals surface area contributed by atoms with Gasteiger partial charge in [0.2, 0.25) is 5.91 Å². The summed E-state index contributed by atoms with van der Waals surface area (Å²) in [5, 5.41) is 14.4. The highest BCUT2D eigenvalue weighted by molar-refractivity contribution is 7.99. The Morgan fingerprint density at radius 3 is 2.47 bits per heavy atom. The quantitative estimate of drug-likeness (QED) is 0.315. The van der Waals surface area contributed by atoms with Crippen molar-refractivity contribution in [2.45, 2.75) is 51.4 Å². The molecule has 0 unspecified atom stereocenters. The van der Waals surface area contributed by atoms with Crippen LogP contribution in [-0.2, 0) is 23.4 Å². The van der Waals surface area contributed by atoms with E-state index in [-0.39, 0.29) is 17.1 Å². The fourth-order valence-corrected chi connectivity index (χ4v) is 4.52. The third-order valence-corrected chi connectivity index (χ3v) is 6.56. The van der Waals surface area contributed by atoms with Gasteiger partial charge in [-0.05, 0) is 41.5 Å². The van der Waals surface area contributed by atoms with Crippen LogP contribution in [0.4, 0.5) is 5.69 Å². The van der Waals surface area contributed by atoms with Gasteiger partial charge in [0.1, 0.15) is 12.4 Å². The molecule has 1 heterocycles. The Labute approximate surface area is 204 Å². The van der Waals surface area contributed by atoms with Gasteiger partial charge in [0, 0.05) is 17.6 Å². The van der Waals surface area contributed by atoms with Gasteiger partial charge in [-0.3, -0.25) is 4.79 Å². The van der Waals surface area contributed by atoms with E-state index >= 15 is 0 Å². The van der Waals surface area contributed by atoms with Gasteiger partial charge >= 0.3 is 0 Å². The number of rotatable bonds is 8. The molecule has 176 valence electrons. The Bertz CT molecular complexity index is 1270. The molecule has 0 atom stereocenters. The summed E-state index contributed by atoms with van der Waals surface area (Å²) < 4.78 is 7.93. The lowest BCUT2D eigenvalue weighted by Gasteiger charge is -2.19. The van der Waals surface area contributed by atoms with Crippen LogP contribution < -0.4 is 10.1 Å². The first-order valence-corrected chi connectivity index (χ1v) is 12.4. The molecule has 0 saturated carbocycles. The SMILES string of the molecule is CCn1c(COc2ccc(C(C)(C)C)cc2)nnc1SCC(=O)Nc1cccc2ccccc12. The normalized spacial score (nSPS) is 11.5. The number of aromatic nitrogens is 3. The zero-order chi connectivity index (χ0) is 24.1. The maximum absolute atomic E-state index is 12.6. The summed E-state index contributed by atoms with van der Waals surface area (Å²) in [4.78, 5) is 12.6. The molecule has 3 aromatic carbocycles. The molecule has 4 aromatic rings. The molecule has 34 heavy (non-hydrogen) atoms. The fourth-order valence-electron chi connectivity index (χ4n) is 3.70. The number of amides is 1. The Hall–Kier alpha value is -3.32. The van der Waals surface area contributed by atoms with Crippen LogP contribution >= 0.6 is 11.8 Å². The third kappa shape index (κ3) is 5.59. The maximum atomic E-state index is 12.6. The number of hydrogen-bond acceptors (Lipinski definition) is 5. The zero-order valence-electron chi connectivity index (χ0n) is 20.0. The van der Waals surface area contributed by atoms with Crippen molar-refractivity contribution in [3.05, 3.63) is 78.1 Å². The summed E-state index contributed by atoms with van der Waals surface area (Å²) >= 11 is 1.37. The van der Waals surface area contributed by atoms with Crippen LogP contribution in [0.25, 0.3) is 10.8 Å². The number of ether oxygens (including phenoxy) is 1. The van der Waals surface area contributed by atoms with E-state index in [1.807, 2.05) is 66.1 Å². The molecule has 6 nitrogen and oxygen atoms in total. The molecule has 0 bridgehead atoms. The Kier molecular flexibility index (Phi) is 7.22. The number of hydrogen-bond donors (Lipinski definition) is 1. The highest BCUT2D eigenvalue weighted by Crippen LogP contribution is 2.26. The lowest BCUT2D eigenvalue weighted by atomic mass is 9.87. The van der Waals surface area contributed by atoms with Gasteiger partial charge in [-0.15, -0.1) is 10.2 Å². The minimum absolute atomic E-state index is 0.0799. The first-order valence-electron chi connectivity index (χ1n) is 11.4.